The number of piperidine rings is 1. The van der Waals surface area contributed by atoms with Gasteiger partial charge in [-0.25, -0.2) is 4.79 Å². The first-order chi connectivity index (χ1) is 13.7. The predicted octanol–water partition coefficient (Wildman–Crippen LogP) is 3.16. The molecule has 1 aromatic carbocycles. The van der Waals surface area contributed by atoms with E-state index < -0.39 is 6.09 Å². The number of likely N-dealkylation sites (N-methyl/N-ethyl adjacent to an activating group) is 1. The molecule has 2 saturated heterocycles. The van der Waals surface area contributed by atoms with Gasteiger partial charge in [-0.1, -0.05) is 29.3 Å². The molecule has 2 aliphatic heterocycles. The third-order valence-electron chi connectivity index (χ3n) is 6.06. The van der Waals surface area contributed by atoms with Gasteiger partial charge in [-0.2, -0.15) is 0 Å². The Balaban J connectivity index is 1.77. The maximum Gasteiger partial charge on any atom is 0.407 e. The Morgan fingerprint density at radius 3 is 2.28 bits per heavy atom. The van der Waals surface area contributed by atoms with Crippen LogP contribution in [0.1, 0.15) is 31.2 Å². The number of benzene rings is 1. The topological polar surface area (TPSA) is 81.2 Å². The molecule has 0 aromatic heterocycles. The summed E-state index contributed by atoms with van der Waals surface area (Å²) in [5, 5.41) is 10.3. The minimum absolute atomic E-state index is 0.0274. The van der Waals surface area contributed by atoms with Crippen molar-refractivity contribution in [1.29, 1.82) is 0 Å². The van der Waals surface area contributed by atoms with Gasteiger partial charge in [-0.05, 0) is 30.5 Å². The maximum absolute atomic E-state index is 13.1. The van der Waals surface area contributed by atoms with Crippen LogP contribution in [-0.2, 0) is 9.59 Å². The second-order valence-corrected chi connectivity index (χ2v) is 8.58. The van der Waals surface area contributed by atoms with E-state index in [0.717, 1.165) is 5.56 Å². The molecule has 0 radical (unpaired) electrons. The van der Waals surface area contributed by atoms with Crippen molar-refractivity contribution in [1.82, 2.24) is 14.7 Å². The highest BCUT2D eigenvalue weighted by atomic mass is 35.5. The lowest BCUT2D eigenvalue weighted by molar-refractivity contribution is -0.139. The third kappa shape index (κ3) is 4.61. The SMILES string of the molecule is CC(=O)N1CCC(C(=O)N2C[C@H](c3ccc(Cl)c(Cl)c3)[C@@H](N(C)C(=O)O)C2)CC1. The zero-order valence-electron chi connectivity index (χ0n) is 16.5. The summed E-state index contributed by atoms with van der Waals surface area (Å²) in [6, 6.07) is 4.90. The number of hydrogen-bond acceptors (Lipinski definition) is 3. The van der Waals surface area contributed by atoms with E-state index in [1.165, 1.54) is 18.9 Å². The van der Waals surface area contributed by atoms with Gasteiger partial charge in [0.05, 0.1) is 16.1 Å². The zero-order valence-corrected chi connectivity index (χ0v) is 18.0. The second kappa shape index (κ2) is 8.79. The van der Waals surface area contributed by atoms with Gasteiger partial charge in [0.15, 0.2) is 0 Å². The number of halogens is 2. The summed E-state index contributed by atoms with van der Waals surface area (Å²) in [7, 11) is 1.52. The summed E-state index contributed by atoms with van der Waals surface area (Å²) >= 11 is 12.2. The van der Waals surface area contributed by atoms with Gasteiger partial charge in [0.2, 0.25) is 11.8 Å². The smallest absolute Gasteiger partial charge is 0.407 e. The van der Waals surface area contributed by atoms with E-state index >= 15 is 0 Å². The molecule has 0 unspecified atom stereocenters. The van der Waals surface area contributed by atoms with Crippen molar-refractivity contribution in [3.63, 3.8) is 0 Å². The molecule has 0 bridgehead atoms. The zero-order chi connectivity index (χ0) is 21.3. The predicted molar refractivity (Wildman–Crippen MR) is 110 cm³/mol. The average molecular weight is 442 g/mol. The summed E-state index contributed by atoms with van der Waals surface area (Å²) in [5.41, 5.74) is 0.860. The number of likely N-dealkylation sites (tertiary alicyclic amines) is 2. The van der Waals surface area contributed by atoms with Gasteiger partial charge >= 0.3 is 6.09 Å². The molecule has 29 heavy (non-hydrogen) atoms. The Morgan fingerprint density at radius 2 is 1.72 bits per heavy atom. The first kappa shape index (κ1) is 21.7. The minimum atomic E-state index is -1.04. The van der Waals surface area contributed by atoms with Gasteiger partial charge in [-0.15, -0.1) is 0 Å². The van der Waals surface area contributed by atoms with E-state index in [-0.39, 0.29) is 29.7 Å². The lowest BCUT2D eigenvalue weighted by Crippen LogP contribution is -2.44. The summed E-state index contributed by atoms with van der Waals surface area (Å²) < 4.78 is 0. The van der Waals surface area contributed by atoms with Crippen molar-refractivity contribution in [3.05, 3.63) is 33.8 Å². The van der Waals surface area contributed by atoms with Gasteiger partial charge in [0.1, 0.15) is 0 Å². The van der Waals surface area contributed by atoms with Crippen LogP contribution in [0.2, 0.25) is 10.0 Å². The molecule has 158 valence electrons. The highest BCUT2D eigenvalue weighted by Crippen LogP contribution is 2.35. The number of amides is 3. The van der Waals surface area contributed by atoms with Gasteiger partial charge in [0.25, 0.3) is 0 Å². The molecule has 2 heterocycles. The first-order valence-corrected chi connectivity index (χ1v) is 10.4. The molecule has 2 aliphatic rings. The highest BCUT2D eigenvalue weighted by Gasteiger charge is 2.42. The third-order valence-corrected chi connectivity index (χ3v) is 6.80. The van der Waals surface area contributed by atoms with Crippen molar-refractivity contribution in [3.8, 4) is 0 Å². The fourth-order valence-electron chi connectivity index (χ4n) is 4.27. The van der Waals surface area contributed by atoms with E-state index in [4.69, 9.17) is 23.2 Å². The summed E-state index contributed by atoms with van der Waals surface area (Å²) in [6.07, 6.45) is 0.224. The molecule has 3 rings (SSSR count). The molecule has 2 fully saturated rings. The van der Waals surface area contributed by atoms with Crippen molar-refractivity contribution in [2.24, 2.45) is 5.92 Å². The fraction of sp³-hybridized carbons (Fsp3) is 0.550. The van der Waals surface area contributed by atoms with E-state index in [1.807, 2.05) is 6.07 Å². The second-order valence-electron chi connectivity index (χ2n) is 7.76. The average Bonchev–Trinajstić information content (AvgIpc) is 3.14. The van der Waals surface area contributed by atoms with Crippen molar-refractivity contribution >= 4 is 41.1 Å². The summed E-state index contributed by atoms with van der Waals surface area (Å²) in [4.78, 5) is 41.0. The van der Waals surface area contributed by atoms with E-state index in [0.29, 0.717) is 49.1 Å². The largest absolute Gasteiger partial charge is 0.465 e. The van der Waals surface area contributed by atoms with Gasteiger partial charge in [-0.3, -0.25) is 9.59 Å². The van der Waals surface area contributed by atoms with E-state index in [2.05, 4.69) is 0 Å². The molecule has 9 heteroatoms. The van der Waals surface area contributed by atoms with Gasteiger partial charge < -0.3 is 19.8 Å². The van der Waals surface area contributed by atoms with Gasteiger partial charge in [0, 0.05) is 52.0 Å². The molecule has 2 atom stereocenters. The molecule has 0 saturated carbocycles. The number of rotatable bonds is 3. The fourth-order valence-corrected chi connectivity index (χ4v) is 4.58. The maximum atomic E-state index is 13.1. The van der Waals surface area contributed by atoms with Crippen LogP contribution >= 0.6 is 23.2 Å². The molecule has 3 amide bonds. The molecular weight excluding hydrogens is 417 g/mol. The monoisotopic (exact) mass is 441 g/mol. The molecule has 1 N–H and O–H groups in total. The number of carbonyl (C=O) groups is 3. The minimum Gasteiger partial charge on any atom is -0.465 e. The Kier molecular flexibility index (Phi) is 6.58. The summed E-state index contributed by atoms with van der Waals surface area (Å²) in [6.45, 7) is 3.45. The quantitative estimate of drug-likeness (QED) is 0.780. The van der Waals surface area contributed by atoms with Crippen LogP contribution in [-0.4, -0.2) is 77.0 Å². The van der Waals surface area contributed by atoms with Crippen LogP contribution in [0.4, 0.5) is 4.79 Å². The Morgan fingerprint density at radius 1 is 1.07 bits per heavy atom. The lowest BCUT2D eigenvalue weighted by Gasteiger charge is -2.32. The van der Waals surface area contributed by atoms with Crippen LogP contribution in [0.15, 0.2) is 18.2 Å². The standard InChI is InChI=1S/C20H25Cl2N3O4/c1-12(26)24-7-5-13(6-8-24)19(27)25-10-15(18(11-25)23(2)20(28)29)14-3-4-16(21)17(22)9-14/h3-4,9,13,15,18H,5-8,10-11H2,1-2H3,(H,28,29)/t15-,18+/m1/s1. The Bertz CT molecular complexity index is 811. The normalized spacial score (nSPS) is 22.6. The van der Waals surface area contributed by atoms with Crippen LogP contribution < -0.4 is 0 Å². The number of hydrogen-bond donors (Lipinski definition) is 1. The molecular formula is C20H25Cl2N3O4. The lowest BCUT2D eigenvalue weighted by atomic mass is 9.93. The van der Waals surface area contributed by atoms with Crippen LogP contribution in [0.25, 0.3) is 0 Å². The number of carbonyl (C=O) groups excluding carboxylic acids is 2. The van der Waals surface area contributed by atoms with E-state index in [1.54, 1.807) is 21.9 Å². The Labute approximate surface area is 180 Å². The van der Waals surface area contributed by atoms with Crippen molar-refractivity contribution in [2.75, 3.05) is 33.2 Å². The Hall–Kier alpha value is -1.99. The number of carboxylic acid groups (broad SMARTS) is 1. The molecule has 0 spiro atoms. The van der Waals surface area contributed by atoms with E-state index in [9.17, 15) is 19.5 Å². The first-order valence-electron chi connectivity index (χ1n) is 9.64. The molecule has 1 aromatic rings. The van der Waals surface area contributed by atoms with Crippen molar-refractivity contribution < 1.29 is 19.5 Å². The van der Waals surface area contributed by atoms with Crippen LogP contribution in [0, 0.1) is 5.92 Å². The number of nitrogens with zero attached hydrogens (tertiary/aromatic N) is 3. The summed E-state index contributed by atoms with van der Waals surface area (Å²) in [5.74, 6) is -0.277. The van der Waals surface area contributed by atoms with Crippen LogP contribution in [0.3, 0.4) is 0 Å². The van der Waals surface area contributed by atoms with Crippen LogP contribution in [0.5, 0.6) is 0 Å². The molecule has 7 nitrogen and oxygen atoms in total. The highest BCUT2D eigenvalue weighted by molar-refractivity contribution is 6.42. The molecule has 0 aliphatic carbocycles. The van der Waals surface area contributed by atoms with Crippen molar-refractivity contribution in [2.45, 2.75) is 31.7 Å².